The Morgan fingerprint density at radius 1 is 0.304 bits per heavy atom. The lowest BCUT2D eigenvalue weighted by atomic mass is 9.95. The fraction of sp³-hybridized carbons (Fsp3) is 0.0909. The van der Waals surface area contributed by atoms with Crippen LogP contribution in [0.3, 0.4) is 0 Å². The molecule has 0 atom stereocenters. The lowest BCUT2D eigenvalue weighted by Crippen LogP contribution is -2.13. The standard InChI is InChI=1S/C44H38N2/c1-31-15-5-11-21-40(31)45(41-22-12-6-16-32(41)2)36-27-25-35(26-28-36)37-29-30-44(39-20-10-9-19-38(37)39)46(42-23-13-7-17-33(42)3)43-24-14-8-18-34(43)4/h5-30H,1-4H3. The Labute approximate surface area is 272 Å². The van der Waals surface area contributed by atoms with E-state index in [0.29, 0.717) is 0 Å². The minimum atomic E-state index is 1.14. The Kier molecular flexibility index (Phi) is 7.86. The average Bonchev–Trinajstić information content (AvgIpc) is 3.09. The lowest BCUT2D eigenvalue weighted by molar-refractivity contribution is 1.23. The van der Waals surface area contributed by atoms with Gasteiger partial charge >= 0.3 is 0 Å². The molecule has 46 heavy (non-hydrogen) atoms. The second kappa shape index (κ2) is 12.4. The number of aryl methyl sites for hydroxylation is 4. The highest BCUT2D eigenvalue weighted by atomic mass is 15.2. The normalized spacial score (nSPS) is 11.0. The molecule has 2 nitrogen and oxygen atoms in total. The fourth-order valence-corrected chi connectivity index (χ4v) is 6.57. The SMILES string of the molecule is Cc1ccccc1N(c1ccc(-c2ccc(N(c3ccccc3C)c3ccccc3C)c3ccccc23)cc1)c1ccccc1C. The predicted octanol–water partition coefficient (Wildman–Crippen LogP) is 12.7. The van der Waals surface area contributed by atoms with Gasteiger partial charge in [-0.25, -0.2) is 0 Å². The predicted molar refractivity (Wildman–Crippen MR) is 198 cm³/mol. The third-order valence-electron chi connectivity index (χ3n) is 9.00. The number of benzene rings is 7. The zero-order valence-corrected chi connectivity index (χ0v) is 26.9. The van der Waals surface area contributed by atoms with Crippen LogP contribution in [-0.4, -0.2) is 0 Å². The summed E-state index contributed by atoms with van der Waals surface area (Å²) in [5.41, 5.74) is 14.4. The van der Waals surface area contributed by atoms with Crippen LogP contribution in [0.25, 0.3) is 21.9 Å². The summed E-state index contributed by atoms with van der Waals surface area (Å²) >= 11 is 0. The Morgan fingerprint density at radius 2 is 0.696 bits per heavy atom. The molecule has 0 spiro atoms. The molecule has 2 heteroatoms. The molecule has 0 aliphatic rings. The molecule has 0 N–H and O–H groups in total. The molecule has 0 radical (unpaired) electrons. The lowest BCUT2D eigenvalue weighted by Gasteiger charge is -2.30. The highest BCUT2D eigenvalue weighted by molar-refractivity contribution is 6.06. The van der Waals surface area contributed by atoms with E-state index in [0.717, 1.165) is 5.69 Å². The van der Waals surface area contributed by atoms with Gasteiger partial charge in [0.05, 0.1) is 5.69 Å². The van der Waals surface area contributed by atoms with E-state index in [-0.39, 0.29) is 0 Å². The van der Waals surface area contributed by atoms with Gasteiger partial charge in [-0.1, -0.05) is 115 Å². The van der Waals surface area contributed by atoms with Gasteiger partial charge in [0.25, 0.3) is 0 Å². The molecule has 0 aromatic heterocycles. The number of nitrogens with zero attached hydrogens (tertiary/aromatic N) is 2. The summed E-state index contributed by atoms with van der Waals surface area (Å²) in [5.74, 6) is 0. The van der Waals surface area contributed by atoms with Crippen LogP contribution in [0.5, 0.6) is 0 Å². The monoisotopic (exact) mass is 594 g/mol. The van der Waals surface area contributed by atoms with Crippen molar-refractivity contribution in [2.45, 2.75) is 27.7 Å². The first-order chi connectivity index (χ1) is 22.5. The summed E-state index contributed by atoms with van der Waals surface area (Å²) in [6.45, 7) is 8.74. The van der Waals surface area contributed by atoms with Gasteiger partial charge < -0.3 is 9.80 Å². The molecule has 7 aromatic rings. The second-order valence-corrected chi connectivity index (χ2v) is 12.0. The van der Waals surface area contributed by atoms with E-state index in [1.54, 1.807) is 0 Å². The van der Waals surface area contributed by atoms with Crippen LogP contribution in [0.1, 0.15) is 22.3 Å². The first-order valence-electron chi connectivity index (χ1n) is 16.0. The largest absolute Gasteiger partial charge is 0.310 e. The molecule has 0 unspecified atom stereocenters. The van der Waals surface area contributed by atoms with Crippen LogP contribution in [0.15, 0.2) is 158 Å². The maximum atomic E-state index is 2.42. The van der Waals surface area contributed by atoms with Crippen molar-refractivity contribution in [3.8, 4) is 11.1 Å². The first kappa shape index (κ1) is 29.1. The van der Waals surface area contributed by atoms with E-state index in [1.807, 2.05) is 0 Å². The van der Waals surface area contributed by atoms with Crippen molar-refractivity contribution in [2.24, 2.45) is 0 Å². The van der Waals surface area contributed by atoms with Gasteiger partial charge in [-0.3, -0.25) is 0 Å². The minimum Gasteiger partial charge on any atom is -0.310 e. The molecule has 0 saturated heterocycles. The van der Waals surface area contributed by atoms with Crippen molar-refractivity contribution in [1.29, 1.82) is 0 Å². The van der Waals surface area contributed by atoms with Crippen molar-refractivity contribution < 1.29 is 0 Å². The molecule has 7 rings (SSSR count). The van der Waals surface area contributed by atoms with E-state index >= 15 is 0 Å². The third kappa shape index (κ3) is 5.33. The molecule has 0 fully saturated rings. The van der Waals surface area contributed by atoms with Crippen LogP contribution in [0.4, 0.5) is 34.1 Å². The van der Waals surface area contributed by atoms with Gasteiger partial charge in [0.2, 0.25) is 0 Å². The van der Waals surface area contributed by atoms with E-state index in [2.05, 4.69) is 195 Å². The van der Waals surface area contributed by atoms with Gasteiger partial charge in [0.15, 0.2) is 0 Å². The van der Waals surface area contributed by atoms with E-state index in [1.165, 1.54) is 72.6 Å². The fourth-order valence-electron chi connectivity index (χ4n) is 6.57. The zero-order chi connectivity index (χ0) is 31.6. The number of hydrogen-bond donors (Lipinski definition) is 0. The van der Waals surface area contributed by atoms with Gasteiger partial charge in [0.1, 0.15) is 0 Å². The van der Waals surface area contributed by atoms with E-state index in [4.69, 9.17) is 0 Å². The highest BCUT2D eigenvalue weighted by Crippen LogP contribution is 2.44. The van der Waals surface area contributed by atoms with E-state index < -0.39 is 0 Å². The molecule has 0 aliphatic carbocycles. The average molecular weight is 595 g/mol. The molecule has 7 aromatic carbocycles. The molecule has 0 amide bonds. The number of hydrogen-bond acceptors (Lipinski definition) is 2. The van der Waals surface area contributed by atoms with Crippen molar-refractivity contribution in [2.75, 3.05) is 9.80 Å². The van der Waals surface area contributed by atoms with Crippen LogP contribution in [0.2, 0.25) is 0 Å². The van der Waals surface area contributed by atoms with Crippen molar-refractivity contribution in [1.82, 2.24) is 0 Å². The minimum absolute atomic E-state index is 1.14. The zero-order valence-electron chi connectivity index (χ0n) is 26.9. The summed E-state index contributed by atoms with van der Waals surface area (Å²) < 4.78 is 0. The molecule has 0 heterocycles. The van der Waals surface area contributed by atoms with Crippen molar-refractivity contribution >= 4 is 44.9 Å². The maximum Gasteiger partial charge on any atom is 0.0540 e. The van der Waals surface area contributed by atoms with Gasteiger partial charge in [0, 0.05) is 33.8 Å². The van der Waals surface area contributed by atoms with Crippen LogP contribution in [-0.2, 0) is 0 Å². The Bertz CT molecular complexity index is 2070. The summed E-state index contributed by atoms with van der Waals surface area (Å²) in [4.78, 5) is 4.79. The van der Waals surface area contributed by atoms with Crippen molar-refractivity contribution in [3.05, 3.63) is 180 Å². The van der Waals surface area contributed by atoms with Gasteiger partial charge in [-0.15, -0.1) is 0 Å². The quantitative estimate of drug-likeness (QED) is 0.181. The molecule has 224 valence electrons. The summed E-state index contributed by atoms with van der Waals surface area (Å²) in [7, 11) is 0. The van der Waals surface area contributed by atoms with Gasteiger partial charge in [-0.2, -0.15) is 0 Å². The number of anilines is 6. The Balaban J connectivity index is 1.36. The summed E-state index contributed by atoms with van der Waals surface area (Å²) in [6.07, 6.45) is 0. The topological polar surface area (TPSA) is 6.48 Å². The Hall–Kier alpha value is -5.60. The van der Waals surface area contributed by atoms with E-state index in [9.17, 15) is 0 Å². The second-order valence-electron chi connectivity index (χ2n) is 12.0. The summed E-state index contributed by atoms with van der Waals surface area (Å²) in [6, 6.07) is 56.9. The molecule has 0 saturated carbocycles. The van der Waals surface area contributed by atoms with Crippen LogP contribution < -0.4 is 9.80 Å². The Morgan fingerprint density at radius 3 is 1.15 bits per heavy atom. The molecule has 0 bridgehead atoms. The number of fused-ring (bicyclic) bond motifs is 1. The van der Waals surface area contributed by atoms with Crippen LogP contribution in [0, 0.1) is 27.7 Å². The summed E-state index contributed by atoms with van der Waals surface area (Å²) in [5, 5.41) is 2.45. The first-order valence-corrected chi connectivity index (χ1v) is 16.0. The molecular formula is C44H38N2. The smallest absolute Gasteiger partial charge is 0.0540 e. The number of rotatable bonds is 7. The molecule has 0 aliphatic heterocycles. The van der Waals surface area contributed by atoms with Crippen LogP contribution >= 0.6 is 0 Å². The number of para-hydroxylation sites is 4. The maximum absolute atomic E-state index is 2.42. The highest BCUT2D eigenvalue weighted by Gasteiger charge is 2.20. The molecular weight excluding hydrogens is 556 g/mol. The van der Waals surface area contributed by atoms with Gasteiger partial charge in [-0.05, 0) is 109 Å². The third-order valence-corrected chi connectivity index (χ3v) is 9.00. The van der Waals surface area contributed by atoms with Crippen molar-refractivity contribution in [3.63, 3.8) is 0 Å².